The Labute approximate surface area is 179 Å². The monoisotopic (exact) mass is 412 g/mol. The molecule has 0 unspecified atom stereocenters. The summed E-state index contributed by atoms with van der Waals surface area (Å²) >= 11 is 1.67. The van der Waals surface area contributed by atoms with Crippen molar-refractivity contribution >= 4 is 23.6 Å². The predicted molar refractivity (Wildman–Crippen MR) is 121 cm³/mol. The van der Waals surface area contributed by atoms with Crippen LogP contribution in [0.2, 0.25) is 0 Å². The molecule has 29 heavy (non-hydrogen) atoms. The Morgan fingerprint density at radius 3 is 2.34 bits per heavy atom. The Morgan fingerprint density at radius 1 is 1.03 bits per heavy atom. The maximum atomic E-state index is 13.1. The van der Waals surface area contributed by atoms with Crippen molar-refractivity contribution in [3.8, 4) is 0 Å². The molecule has 0 radical (unpaired) electrons. The number of aryl methyl sites for hydroxylation is 1. The number of amides is 2. The number of nitrogens with zero attached hydrogens (tertiary/aromatic N) is 1. The molecule has 0 aliphatic carbocycles. The molecule has 0 bridgehead atoms. The van der Waals surface area contributed by atoms with Crippen molar-refractivity contribution in [1.29, 1.82) is 0 Å². The molecule has 0 saturated carbocycles. The van der Waals surface area contributed by atoms with Gasteiger partial charge in [-0.05, 0) is 37.5 Å². The van der Waals surface area contributed by atoms with Gasteiger partial charge in [0.25, 0.3) is 0 Å². The largest absolute Gasteiger partial charge is 0.354 e. The molecule has 2 aromatic rings. The molecule has 0 spiro atoms. The van der Waals surface area contributed by atoms with Gasteiger partial charge in [0.2, 0.25) is 11.8 Å². The smallest absolute Gasteiger partial charge is 0.242 e. The van der Waals surface area contributed by atoms with E-state index in [0.29, 0.717) is 31.7 Å². The molecule has 4 nitrogen and oxygen atoms in total. The molecular weight excluding hydrogens is 380 g/mol. The van der Waals surface area contributed by atoms with Gasteiger partial charge in [-0.2, -0.15) is 0 Å². The SMILES string of the molecule is CCCNC(=O)[C@H](CC)N(Cc1ccc(C)cc1)C(=O)CCSc1ccccc1. The van der Waals surface area contributed by atoms with E-state index < -0.39 is 6.04 Å². The van der Waals surface area contributed by atoms with Gasteiger partial charge < -0.3 is 10.2 Å². The second kappa shape index (κ2) is 12.3. The highest BCUT2D eigenvalue weighted by molar-refractivity contribution is 7.99. The average Bonchev–Trinajstić information content (AvgIpc) is 2.74. The number of carbonyl (C=O) groups excluding carboxylic acids is 2. The fourth-order valence-electron chi connectivity index (χ4n) is 3.09. The lowest BCUT2D eigenvalue weighted by Gasteiger charge is -2.30. The van der Waals surface area contributed by atoms with Gasteiger partial charge in [0.05, 0.1) is 0 Å². The van der Waals surface area contributed by atoms with Gasteiger partial charge in [-0.1, -0.05) is 61.9 Å². The van der Waals surface area contributed by atoms with E-state index in [9.17, 15) is 9.59 Å². The van der Waals surface area contributed by atoms with Crippen LogP contribution in [-0.4, -0.2) is 35.1 Å². The van der Waals surface area contributed by atoms with Gasteiger partial charge in [-0.3, -0.25) is 9.59 Å². The Bertz CT molecular complexity index is 762. The Hall–Kier alpha value is -2.27. The number of hydrogen-bond donors (Lipinski definition) is 1. The quantitative estimate of drug-likeness (QED) is 0.539. The first-order valence-corrected chi connectivity index (χ1v) is 11.3. The van der Waals surface area contributed by atoms with Gasteiger partial charge in [-0.15, -0.1) is 11.8 Å². The van der Waals surface area contributed by atoms with Crippen LogP contribution in [-0.2, 0) is 16.1 Å². The average molecular weight is 413 g/mol. The minimum atomic E-state index is -0.447. The molecule has 0 aliphatic rings. The molecule has 2 amide bonds. The van der Waals surface area contributed by atoms with Crippen molar-refractivity contribution in [2.24, 2.45) is 0 Å². The van der Waals surface area contributed by atoms with Crippen LogP contribution < -0.4 is 5.32 Å². The number of carbonyl (C=O) groups is 2. The highest BCUT2D eigenvalue weighted by Gasteiger charge is 2.28. The van der Waals surface area contributed by atoms with Gasteiger partial charge >= 0.3 is 0 Å². The van der Waals surface area contributed by atoms with Gasteiger partial charge in [0, 0.05) is 30.2 Å². The maximum Gasteiger partial charge on any atom is 0.242 e. The summed E-state index contributed by atoms with van der Waals surface area (Å²) in [6, 6.07) is 17.8. The van der Waals surface area contributed by atoms with E-state index in [0.717, 1.165) is 16.9 Å². The van der Waals surface area contributed by atoms with E-state index in [4.69, 9.17) is 0 Å². The second-order valence-corrected chi connectivity index (χ2v) is 8.30. The molecule has 0 heterocycles. The third kappa shape index (κ3) is 7.58. The van der Waals surface area contributed by atoms with E-state index in [1.54, 1.807) is 16.7 Å². The van der Waals surface area contributed by atoms with Crippen LogP contribution in [0, 0.1) is 6.92 Å². The van der Waals surface area contributed by atoms with Gasteiger partial charge in [-0.25, -0.2) is 0 Å². The van der Waals surface area contributed by atoms with Crippen molar-refractivity contribution in [3.05, 3.63) is 65.7 Å². The highest BCUT2D eigenvalue weighted by Crippen LogP contribution is 2.20. The predicted octanol–water partition coefficient (Wildman–Crippen LogP) is 4.81. The van der Waals surface area contributed by atoms with E-state index in [1.807, 2.05) is 75.4 Å². The third-order valence-electron chi connectivity index (χ3n) is 4.74. The fourth-order valence-corrected chi connectivity index (χ4v) is 3.95. The number of benzene rings is 2. The molecule has 0 fully saturated rings. The van der Waals surface area contributed by atoms with Crippen LogP contribution in [0.15, 0.2) is 59.5 Å². The first-order valence-electron chi connectivity index (χ1n) is 10.4. The maximum absolute atomic E-state index is 13.1. The number of rotatable bonds is 11. The van der Waals surface area contributed by atoms with Crippen molar-refractivity contribution in [1.82, 2.24) is 10.2 Å². The second-order valence-electron chi connectivity index (χ2n) is 7.13. The summed E-state index contributed by atoms with van der Waals surface area (Å²) in [5, 5.41) is 2.96. The first-order chi connectivity index (χ1) is 14.0. The van der Waals surface area contributed by atoms with E-state index in [2.05, 4.69) is 5.32 Å². The van der Waals surface area contributed by atoms with Crippen molar-refractivity contribution < 1.29 is 9.59 Å². The standard InChI is InChI=1S/C24H32N2O2S/c1-4-16-25-24(28)22(5-2)26(18-20-13-11-19(3)12-14-20)23(27)15-17-29-21-9-7-6-8-10-21/h6-14,22H,4-5,15-18H2,1-3H3,(H,25,28)/t22-/m0/s1. The van der Waals surface area contributed by atoms with E-state index in [-0.39, 0.29) is 11.8 Å². The van der Waals surface area contributed by atoms with Crippen LogP contribution >= 0.6 is 11.8 Å². The normalized spacial score (nSPS) is 11.7. The molecule has 1 N–H and O–H groups in total. The van der Waals surface area contributed by atoms with Crippen LogP contribution in [0.1, 0.15) is 44.2 Å². The van der Waals surface area contributed by atoms with Crippen LogP contribution in [0.5, 0.6) is 0 Å². The Morgan fingerprint density at radius 2 is 1.72 bits per heavy atom. The van der Waals surface area contributed by atoms with E-state index in [1.165, 1.54) is 5.56 Å². The lowest BCUT2D eigenvalue weighted by molar-refractivity contribution is -0.141. The molecule has 0 saturated heterocycles. The zero-order chi connectivity index (χ0) is 21.1. The number of hydrogen-bond acceptors (Lipinski definition) is 3. The summed E-state index contributed by atoms with van der Waals surface area (Å²) in [6.45, 7) is 7.11. The van der Waals surface area contributed by atoms with Gasteiger partial charge in [0.15, 0.2) is 0 Å². The van der Waals surface area contributed by atoms with Crippen LogP contribution in [0.3, 0.4) is 0 Å². The molecule has 0 aromatic heterocycles. The summed E-state index contributed by atoms with van der Waals surface area (Å²) in [6.07, 6.45) is 1.88. The number of nitrogens with one attached hydrogen (secondary N) is 1. The van der Waals surface area contributed by atoms with Crippen molar-refractivity contribution in [2.75, 3.05) is 12.3 Å². The van der Waals surface area contributed by atoms with Crippen LogP contribution in [0.25, 0.3) is 0 Å². The molecule has 2 rings (SSSR count). The summed E-state index contributed by atoms with van der Waals surface area (Å²) in [7, 11) is 0. The third-order valence-corrected chi connectivity index (χ3v) is 5.75. The minimum Gasteiger partial charge on any atom is -0.354 e. The molecule has 2 aromatic carbocycles. The van der Waals surface area contributed by atoms with Crippen molar-refractivity contribution in [3.63, 3.8) is 0 Å². The summed E-state index contributed by atoms with van der Waals surface area (Å²) < 4.78 is 0. The summed E-state index contributed by atoms with van der Waals surface area (Å²) in [5.41, 5.74) is 2.22. The lowest BCUT2D eigenvalue weighted by Crippen LogP contribution is -2.49. The summed E-state index contributed by atoms with van der Waals surface area (Å²) in [4.78, 5) is 28.7. The first kappa shape index (κ1) is 23.0. The van der Waals surface area contributed by atoms with Crippen molar-refractivity contribution in [2.45, 2.75) is 57.5 Å². The zero-order valence-electron chi connectivity index (χ0n) is 17.7. The minimum absolute atomic E-state index is 0.0208. The molecule has 1 atom stereocenters. The Kier molecular flexibility index (Phi) is 9.78. The summed E-state index contributed by atoms with van der Waals surface area (Å²) in [5.74, 6) is 0.651. The molecular formula is C24H32N2O2S. The zero-order valence-corrected chi connectivity index (χ0v) is 18.5. The molecule has 0 aliphatic heterocycles. The topological polar surface area (TPSA) is 49.4 Å². The van der Waals surface area contributed by atoms with Gasteiger partial charge in [0.1, 0.15) is 6.04 Å². The lowest BCUT2D eigenvalue weighted by atomic mass is 10.1. The fraction of sp³-hybridized carbons (Fsp3) is 0.417. The Balaban J connectivity index is 2.09. The number of thioether (sulfide) groups is 1. The van der Waals surface area contributed by atoms with E-state index >= 15 is 0 Å². The molecule has 5 heteroatoms. The molecule has 156 valence electrons. The highest BCUT2D eigenvalue weighted by atomic mass is 32.2. The van der Waals surface area contributed by atoms with Crippen LogP contribution in [0.4, 0.5) is 0 Å².